The highest BCUT2D eigenvalue weighted by atomic mass is 16.3. The summed E-state index contributed by atoms with van der Waals surface area (Å²) in [4.78, 5) is 0. The summed E-state index contributed by atoms with van der Waals surface area (Å²) in [5, 5.41) is 21.3. The fourth-order valence-electron chi connectivity index (χ4n) is 9.00. The maximum absolute atomic E-state index is 11.8. The quantitative estimate of drug-likeness (QED) is 0.456. The molecule has 3 fully saturated rings. The molecule has 2 N–H and O–H groups in total. The van der Waals surface area contributed by atoms with Crippen LogP contribution in [0.3, 0.4) is 0 Å². The van der Waals surface area contributed by atoms with Gasteiger partial charge >= 0.3 is 0 Å². The molecular formula is C27H48O2. The number of rotatable bonds is 8. The van der Waals surface area contributed by atoms with Gasteiger partial charge in [0.15, 0.2) is 0 Å². The van der Waals surface area contributed by atoms with E-state index in [-0.39, 0.29) is 6.10 Å². The number of hydrogen-bond acceptors (Lipinski definition) is 2. The fourth-order valence-corrected chi connectivity index (χ4v) is 9.00. The number of aliphatic hydroxyl groups is 2. The molecule has 0 aromatic heterocycles. The zero-order valence-electron chi connectivity index (χ0n) is 19.9. The van der Waals surface area contributed by atoms with E-state index in [9.17, 15) is 10.2 Å². The van der Waals surface area contributed by atoms with E-state index in [0.29, 0.717) is 58.9 Å². The van der Waals surface area contributed by atoms with Crippen LogP contribution in [-0.4, -0.2) is 22.9 Å². The number of allylic oxidation sites excluding steroid dienone is 1. The van der Waals surface area contributed by atoms with E-state index in [1.54, 1.807) is 0 Å². The minimum absolute atomic E-state index is 0.143. The minimum Gasteiger partial charge on any atom is -0.396 e. The molecule has 0 radical (unpaired) electrons. The SMILES string of the molecule is C=CCC[C@H]1[C@@H](CC)[C@@H](O)C2C3CCC([C@H](C)CCO)C3(C)CCC2[C@@]1(C)CC. The summed E-state index contributed by atoms with van der Waals surface area (Å²) in [6.45, 7) is 16.5. The van der Waals surface area contributed by atoms with Gasteiger partial charge < -0.3 is 10.2 Å². The predicted molar refractivity (Wildman–Crippen MR) is 123 cm³/mol. The van der Waals surface area contributed by atoms with Crippen molar-refractivity contribution in [2.24, 2.45) is 52.3 Å². The second kappa shape index (κ2) is 9.03. The van der Waals surface area contributed by atoms with Crippen molar-refractivity contribution in [1.29, 1.82) is 0 Å². The largest absolute Gasteiger partial charge is 0.396 e. The van der Waals surface area contributed by atoms with E-state index in [1.807, 2.05) is 0 Å². The third-order valence-corrected chi connectivity index (χ3v) is 10.6. The summed E-state index contributed by atoms with van der Waals surface area (Å²) in [5.41, 5.74) is 0.682. The van der Waals surface area contributed by atoms with Gasteiger partial charge in [0.05, 0.1) is 6.10 Å². The maximum atomic E-state index is 11.8. The molecule has 0 aliphatic heterocycles. The van der Waals surface area contributed by atoms with Crippen molar-refractivity contribution in [2.45, 2.75) is 98.5 Å². The summed E-state index contributed by atoms with van der Waals surface area (Å²) >= 11 is 0. The molecule has 2 nitrogen and oxygen atoms in total. The third kappa shape index (κ3) is 3.65. The molecule has 10 atom stereocenters. The highest BCUT2D eigenvalue weighted by Gasteiger charge is 2.63. The molecule has 3 saturated carbocycles. The van der Waals surface area contributed by atoms with Gasteiger partial charge in [-0.15, -0.1) is 6.58 Å². The molecule has 0 heterocycles. The smallest absolute Gasteiger partial charge is 0.0605 e. The van der Waals surface area contributed by atoms with Gasteiger partial charge in [-0.25, -0.2) is 0 Å². The summed E-state index contributed by atoms with van der Waals surface area (Å²) in [5.74, 6) is 4.12. The van der Waals surface area contributed by atoms with Crippen LogP contribution in [0.25, 0.3) is 0 Å². The summed E-state index contributed by atoms with van der Waals surface area (Å²) in [6, 6.07) is 0. The summed E-state index contributed by atoms with van der Waals surface area (Å²) < 4.78 is 0. The molecule has 0 amide bonds. The van der Waals surface area contributed by atoms with Gasteiger partial charge in [-0.2, -0.15) is 0 Å². The average Bonchev–Trinajstić information content (AvgIpc) is 3.06. The van der Waals surface area contributed by atoms with Gasteiger partial charge in [-0.3, -0.25) is 0 Å². The molecule has 168 valence electrons. The van der Waals surface area contributed by atoms with Crippen LogP contribution < -0.4 is 0 Å². The first kappa shape index (κ1) is 23.3. The lowest BCUT2D eigenvalue weighted by atomic mass is 9.42. The highest BCUT2D eigenvalue weighted by molar-refractivity contribution is 5.12. The number of fused-ring (bicyclic) bond motifs is 3. The fraction of sp³-hybridized carbons (Fsp3) is 0.926. The molecule has 2 heteroatoms. The first-order chi connectivity index (χ1) is 13.8. The molecule has 0 saturated heterocycles. The van der Waals surface area contributed by atoms with Crippen molar-refractivity contribution in [3.63, 3.8) is 0 Å². The molecule has 5 unspecified atom stereocenters. The van der Waals surface area contributed by atoms with Gasteiger partial charge in [0.25, 0.3) is 0 Å². The van der Waals surface area contributed by atoms with Gasteiger partial charge in [0, 0.05) is 6.61 Å². The number of aliphatic hydroxyl groups excluding tert-OH is 2. The Labute approximate surface area is 180 Å². The van der Waals surface area contributed by atoms with Gasteiger partial charge in [-0.05, 0) is 97.2 Å². The number of hydrogen-bond donors (Lipinski definition) is 2. The summed E-state index contributed by atoms with van der Waals surface area (Å²) in [6.07, 6.45) is 12.6. The predicted octanol–water partition coefficient (Wildman–Crippen LogP) is 6.46. The van der Waals surface area contributed by atoms with Crippen LogP contribution in [0.4, 0.5) is 0 Å². The average molecular weight is 405 g/mol. The minimum atomic E-state index is -0.143. The van der Waals surface area contributed by atoms with E-state index in [1.165, 1.54) is 38.5 Å². The Hall–Kier alpha value is -0.340. The molecule has 0 bridgehead atoms. The van der Waals surface area contributed by atoms with Crippen molar-refractivity contribution in [3.8, 4) is 0 Å². The lowest BCUT2D eigenvalue weighted by molar-refractivity contribution is -0.186. The van der Waals surface area contributed by atoms with Crippen molar-refractivity contribution < 1.29 is 10.2 Å². The zero-order valence-corrected chi connectivity index (χ0v) is 19.9. The van der Waals surface area contributed by atoms with Gasteiger partial charge in [-0.1, -0.05) is 53.5 Å². The standard InChI is InChI=1S/C27H48O2/c1-7-10-11-21-19(8-2)25(29)24-22-13-12-20(18(4)15-17-28)27(22,6)16-14-23(24)26(21,5)9-3/h7,18-25,28-29H,1,8-17H2,2-6H3/t18-,19-,20?,21+,22?,23?,24?,25-,26+,27?/m1/s1. The van der Waals surface area contributed by atoms with Gasteiger partial charge in [0.2, 0.25) is 0 Å². The lowest BCUT2D eigenvalue weighted by Crippen LogP contribution is -2.60. The molecular weight excluding hydrogens is 356 g/mol. The Bertz CT molecular complexity index is 559. The maximum Gasteiger partial charge on any atom is 0.0605 e. The molecule has 0 spiro atoms. The van der Waals surface area contributed by atoms with E-state index < -0.39 is 0 Å². The van der Waals surface area contributed by atoms with Crippen LogP contribution in [0.5, 0.6) is 0 Å². The van der Waals surface area contributed by atoms with Crippen molar-refractivity contribution in [1.82, 2.24) is 0 Å². The molecule has 0 aromatic carbocycles. The normalized spacial score (nSPS) is 48.0. The van der Waals surface area contributed by atoms with Crippen LogP contribution in [0, 0.1) is 52.3 Å². The van der Waals surface area contributed by atoms with Crippen LogP contribution >= 0.6 is 0 Å². The van der Waals surface area contributed by atoms with Gasteiger partial charge in [0.1, 0.15) is 0 Å². The van der Waals surface area contributed by atoms with E-state index in [4.69, 9.17) is 0 Å². The first-order valence-corrected chi connectivity index (χ1v) is 12.7. The zero-order chi connectivity index (χ0) is 21.4. The Kier molecular flexibility index (Phi) is 7.26. The third-order valence-electron chi connectivity index (χ3n) is 10.6. The Morgan fingerprint density at radius 3 is 2.45 bits per heavy atom. The van der Waals surface area contributed by atoms with Crippen molar-refractivity contribution in [3.05, 3.63) is 12.7 Å². The van der Waals surface area contributed by atoms with Crippen LogP contribution in [-0.2, 0) is 0 Å². The Balaban J connectivity index is 1.95. The monoisotopic (exact) mass is 404 g/mol. The van der Waals surface area contributed by atoms with E-state index in [0.717, 1.165) is 19.3 Å². The van der Waals surface area contributed by atoms with Crippen molar-refractivity contribution in [2.75, 3.05) is 6.61 Å². The van der Waals surface area contributed by atoms with Crippen LogP contribution in [0.15, 0.2) is 12.7 Å². The van der Waals surface area contributed by atoms with Crippen LogP contribution in [0.1, 0.15) is 92.4 Å². The molecule has 0 aromatic rings. The summed E-state index contributed by atoms with van der Waals surface area (Å²) in [7, 11) is 0. The second-order valence-electron chi connectivity index (χ2n) is 11.4. The molecule has 29 heavy (non-hydrogen) atoms. The van der Waals surface area contributed by atoms with Crippen molar-refractivity contribution >= 4 is 0 Å². The topological polar surface area (TPSA) is 40.5 Å². The first-order valence-electron chi connectivity index (χ1n) is 12.7. The Morgan fingerprint density at radius 2 is 1.86 bits per heavy atom. The van der Waals surface area contributed by atoms with Crippen LogP contribution in [0.2, 0.25) is 0 Å². The molecule has 3 aliphatic rings. The van der Waals surface area contributed by atoms with E-state index in [2.05, 4.69) is 47.3 Å². The highest BCUT2D eigenvalue weighted by Crippen LogP contribution is 2.68. The second-order valence-corrected chi connectivity index (χ2v) is 11.4. The molecule has 3 rings (SSSR count). The lowest BCUT2D eigenvalue weighted by Gasteiger charge is -2.63. The Morgan fingerprint density at radius 1 is 1.14 bits per heavy atom. The van der Waals surface area contributed by atoms with E-state index >= 15 is 0 Å². The molecule has 3 aliphatic carbocycles.